The van der Waals surface area contributed by atoms with Crippen molar-refractivity contribution in [3.05, 3.63) is 23.8 Å². The Hall–Kier alpha value is -1.35. The number of nitrogens with zero attached hydrogens (tertiary/aromatic N) is 1. The summed E-state index contributed by atoms with van der Waals surface area (Å²) in [5, 5.41) is 0. The van der Waals surface area contributed by atoms with Gasteiger partial charge < -0.3 is 15.4 Å². The van der Waals surface area contributed by atoms with Gasteiger partial charge in [-0.25, -0.2) is 13.1 Å². The Kier molecular flexibility index (Phi) is 7.50. The van der Waals surface area contributed by atoms with E-state index in [0.717, 1.165) is 38.5 Å². The summed E-state index contributed by atoms with van der Waals surface area (Å²) in [4.78, 5) is 14.5. The number of amides is 1. The fraction of sp³-hybridized carbons (Fsp3) is 0.611. The maximum atomic E-state index is 12.8. The fourth-order valence-corrected chi connectivity index (χ4v) is 5.13. The van der Waals surface area contributed by atoms with Crippen LogP contribution in [0.2, 0.25) is 0 Å². The molecule has 0 atom stereocenters. The molecule has 1 saturated carbocycles. The summed E-state index contributed by atoms with van der Waals surface area (Å²) < 4.78 is 33.6. The number of likely N-dealkylation sites (tertiary alicyclic amines) is 1. The summed E-state index contributed by atoms with van der Waals surface area (Å²) in [6, 6.07) is 4.66. The minimum atomic E-state index is -3.75. The van der Waals surface area contributed by atoms with Gasteiger partial charge in [-0.1, -0.05) is 12.8 Å². The molecule has 1 aliphatic carbocycles. The van der Waals surface area contributed by atoms with Gasteiger partial charge in [-0.3, -0.25) is 4.79 Å². The number of hydrogen-bond donors (Lipinski definition) is 2. The lowest BCUT2D eigenvalue weighted by Crippen LogP contribution is -2.42. The Balaban J connectivity index is 0.00000261. The third kappa shape index (κ3) is 5.13. The van der Waals surface area contributed by atoms with Gasteiger partial charge in [0.2, 0.25) is 10.0 Å². The summed E-state index contributed by atoms with van der Waals surface area (Å²) in [7, 11) is -2.32. The molecule has 1 amide bonds. The minimum absolute atomic E-state index is 0. The number of methoxy groups -OCH3 is 1. The molecule has 3 N–H and O–H groups in total. The molecule has 0 spiro atoms. The number of nitrogens with two attached hydrogens (primary N) is 1. The largest absolute Gasteiger partial charge is 0.495 e. The lowest BCUT2D eigenvalue weighted by atomic mass is 10.0. The van der Waals surface area contributed by atoms with E-state index in [2.05, 4.69) is 4.72 Å². The highest BCUT2D eigenvalue weighted by Crippen LogP contribution is 2.28. The highest BCUT2D eigenvalue weighted by atomic mass is 35.5. The van der Waals surface area contributed by atoms with Crippen molar-refractivity contribution >= 4 is 28.3 Å². The van der Waals surface area contributed by atoms with E-state index in [-0.39, 0.29) is 41.0 Å². The Bertz CT molecular complexity index is 758. The van der Waals surface area contributed by atoms with Crippen molar-refractivity contribution in [1.82, 2.24) is 9.62 Å². The van der Waals surface area contributed by atoms with Gasteiger partial charge >= 0.3 is 0 Å². The topological polar surface area (TPSA) is 102 Å². The van der Waals surface area contributed by atoms with Crippen molar-refractivity contribution in [2.24, 2.45) is 5.73 Å². The Morgan fingerprint density at radius 2 is 1.81 bits per heavy atom. The number of rotatable bonds is 5. The van der Waals surface area contributed by atoms with E-state index in [0.29, 0.717) is 18.7 Å². The lowest BCUT2D eigenvalue weighted by Gasteiger charge is -2.30. The van der Waals surface area contributed by atoms with Gasteiger partial charge in [0.25, 0.3) is 5.91 Å². The number of carbonyl (C=O) groups is 1. The second-order valence-corrected chi connectivity index (χ2v) is 8.78. The zero-order valence-corrected chi connectivity index (χ0v) is 17.2. The third-order valence-electron chi connectivity index (χ3n) is 5.20. The van der Waals surface area contributed by atoms with Gasteiger partial charge in [0.05, 0.1) is 7.11 Å². The maximum Gasteiger partial charge on any atom is 0.253 e. The molecule has 2 aliphatic rings. The van der Waals surface area contributed by atoms with Crippen LogP contribution in [0, 0.1) is 0 Å². The van der Waals surface area contributed by atoms with E-state index >= 15 is 0 Å². The van der Waals surface area contributed by atoms with Gasteiger partial charge in [0.1, 0.15) is 10.6 Å². The molecule has 7 nitrogen and oxygen atoms in total. The summed E-state index contributed by atoms with van der Waals surface area (Å²) in [5.41, 5.74) is 6.25. The molecule has 2 fully saturated rings. The van der Waals surface area contributed by atoms with Crippen LogP contribution in [0.4, 0.5) is 0 Å². The first-order chi connectivity index (χ1) is 12.4. The highest BCUT2D eigenvalue weighted by molar-refractivity contribution is 7.89. The molecule has 1 aromatic rings. The number of sulfonamides is 1. The molecule has 27 heavy (non-hydrogen) atoms. The average molecular weight is 418 g/mol. The van der Waals surface area contributed by atoms with Crippen molar-refractivity contribution < 1.29 is 17.9 Å². The van der Waals surface area contributed by atoms with Crippen molar-refractivity contribution in [3.63, 3.8) is 0 Å². The van der Waals surface area contributed by atoms with E-state index in [1.807, 2.05) is 0 Å². The number of benzene rings is 1. The lowest BCUT2D eigenvalue weighted by molar-refractivity contribution is 0.0714. The van der Waals surface area contributed by atoms with Gasteiger partial charge in [-0.2, -0.15) is 0 Å². The number of piperidine rings is 1. The van der Waals surface area contributed by atoms with Crippen LogP contribution >= 0.6 is 12.4 Å². The highest BCUT2D eigenvalue weighted by Gasteiger charge is 2.28. The molecule has 0 radical (unpaired) electrons. The quantitative estimate of drug-likeness (QED) is 0.761. The number of hydrogen-bond acceptors (Lipinski definition) is 5. The Labute approximate surface area is 167 Å². The van der Waals surface area contributed by atoms with E-state index in [9.17, 15) is 13.2 Å². The number of ether oxygens (including phenoxy) is 1. The molecule has 9 heteroatoms. The first-order valence-corrected chi connectivity index (χ1v) is 10.6. The Morgan fingerprint density at radius 1 is 1.19 bits per heavy atom. The van der Waals surface area contributed by atoms with Crippen LogP contribution in [-0.2, 0) is 10.0 Å². The maximum absolute atomic E-state index is 12.8. The monoisotopic (exact) mass is 417 g/mol. The normalized spacial score (nSPS) is 19.0. The zero-order chi connectivity index (χ0) is 18.7. The first-order valence-electron chi connectivity index (χ1n) is 9.16. The van der Waals surface area contributed by atoms with E-state index in [1.54, 1.807) is 17.0 Å². The summed E-state index contributed by atoms with van der Waals surface area (Å²) in [6.45, 7) is 1.18. The second-order valence-electron chi connectivity index (χ2n) is 7.10. The average Bonchev–Trinajstić information content (AvgIpc) is 3.13. The SMILES string of the molecule is COc1ccc(C(=O)N2CCC(N)CC2)cc1S(=O)(=O)NC1CCCC1.Cl. The van der Waals surface area contributed by atoms with Crippen LogP contribution < -0.4 is 15.2 Å². The smallest absolute Gasteiger partial charge is 0.253 e. The van der Waals surface area contributed by atoms with Gasteiger partial charge in [0, 0.05) is 30.7 Å². The van der Waals surface area contributed by atoms with E-state index in [1.165, 1.54) is 13.2 Å². The zero-order valence-electron chi connectivity index (χ0n) is 15.5. The number of halogens is 1. The van der Waals surface area contributed by atoms with Crippen LogP contribution in [0.25, 0.3) is 0 Å². The van der Waals surface area contributed by atoms with Crippen molar-refractivity contribution in [3.8, 4) is 5.75 Å². The van der Waals surface area contributed by atoms with E-state index < -0.39 is 10.0 Å². The van der Waals surface area contributed by atoms with Crippen molar-refractivity contribution in [1.29, 1.82) is 0 Å². The summed E-state index contributed by atoms with van der Waals surface area (Å²) >= 11 is 0. The Morgan fingerprint density at radius 3 is 2.41 bits per heavy atom. The predicted octanol–water partition coefficient (Wildman–Crippen LogP) is 1.90. The number of nitrogens with one attached hydrogen (secondary N) is 1. The van der Waals surface area contributed by atoms with Crippen LogP contribution in [0.15, 0.2) is 23.1 Å². The molecule has 152 valence electrons. The van der Waals surface area contributed by atoms with Gasteiger partial charge in [-0.05, 0) is 43.9 Å². The van der Waals surface area contributed by atoms with Gasteiger partial charge in [-0.15, -0.1) is 12.4 Å². The predicted molar refractivity (Wildman–Crippen MR) is 106 cm³/mol. The summed E-state index contributed by atoms with van der Waals surface area (Å²) in [5.74, 6) is 0.0737. The third-order valence-corrected chi connectivity index (χ3v) is 6.75. The van der Waals surface area contributed by atoms with Crippen molar-refractivity contribution in [2.45, 2.75) is 55.5 Å². The molecule has 1 aromatic carbocycles. The molecule has 1 aliphatic heterocycles. The molecular weight excluding hydrogens is 390 g/mol. The molecule has 1 saturated heterocycles. The molecule has 3 rings (SSSR count). The first kappa shape index (κ1) is 21.9. The molecular formula is C18H28ClN3O4S. The fourth-order valence-electron chi connectivity index (χ4n) is 3.63. The molecule has 1 heterocycles. The van der Waals surface area contributed by atoms with Gasteiger partial charge in [0.15, 0.2) is 0 Å². The molecule has 0 aromatic heterocycles. The van der Waals surface area contributed by atoms with E-state index in [4.69, 9.17) is 10.5 Å². The van der Waals surface area contributed by atoms with Crippen LogP contribution in [0.1, 0.15) is 48.9 Å². The second kappa shape index (κ2) is 9.23. The molecule has 0 unspecified atom stereocenters. The standard InChI is InChI=1S/C18H27N3O4S.ClH/c1-25-16-7-6-13(18(22)21-10-8-14(19)9-11-21)12-17(16)26(23,24)20-15-4-2-3-5-15;/h6-7,12,14-15,20H,2-5,8-11,19H2,1H3;1H. The van der Waals surface area contributed by atoms with Crippen molar-refractivity contribution in [2.75, 3.05) is 20.2 Å². The van der Waals surface area contributed by atoms with Crippen LogP contribution in [0.5, 0.6) is 5.75 Å². The number of carbonyl (C=O) groups excluding carboxylic acids is 1. The molecule has 0 bridgehead atoms. The minimum Gasteiger partial charge on any atom is -0.495 e. The van der Waals surface area contributed by atoms with Crippen LogP contribution in [0.3, 0.4) is 0 Å². The van der Waals surface area contributed by atoms with Crippen LogP contribution in [-0.4, -0.2) is 51.5 Å². The summed E-state index contributed by atoms with van der Waals surface area (Å²) in [6.07, 6.45) is 5.26.